The van der Waals surface area contributed by atoms with Crippen molar-refractivity contribution in [3.05, 3.63) is 0 Å². The Balaban J connectivity index is 2.03. The van der Waals surface area contributed by atoms with Crippen molar-refractivity contribution in [2.45, 2.75) is 44.2 Å². The second kappa shape index (κ2) is 4.90. The maximum atomic E-state index is 12.6. The van der Waals surface area contributed by atoms with Gasteiger partial charge in [-0.3, -0.25) is 13.8 Å². The summed E-state index contributed by atoms with van der Waals surface area (Å²) in [5.74, 6) is -2.22. The fourth-order valence-corrected chi connectivity index (χ4v) is 4.60. The SMILES string of the molecule is COC(=O)C1C2OC3C1C(=O)N(C(C)C)C3C2OS(C)(=O)=O. The first-order valence-electron chi connectivity index (χ1n) is 7.11. The van der Waals surface area contributed by atoms with Crippen molar-refractivity contribution < 1.29 is 31.7 Å². The topological polar surface area (TPSA) is 99.2 Å². The molecular weight excluding hydrogens is 314 g/mol. The van der Waals surface area contributed by atoms with Gasteiger partial charge in [0.2, 0.25) is 5.91 Å². The molecule has 3 saturated heterocycles. The lowest BCUT2D eigenvalue weighted by Crippen LogP contribution is -2.51. The van der Waals surface area contributed by atoms with Gasteiger partial charge in [-0.2, -0.15) is 8.42 Å². The number of hydrogen-bond acceptors (Lipinski definition) is 7. The van der Waals surface area contributed by atoms with E-state index in [9.17, 15) is 18.0 Å². The normalized spacial score (nSPS) is 39.9. The van der Waals surface area contributed by atoms with Gasteiger partial charge in [-0.05, 0) is 13.8 Å². The molecule has 0 spiro atoms. The summed E-state index contributed by atoms with van der Waals surface area (Å²) >= 11 is 0. The van der Waals surface area contributed by atoms with Gasteiger partial charge in [0.15, 0.2) is 0 Å². The number of hydrogen-bond donors (Lipinski definition) is 0. The number of rotatable bonds is 4. The van der Waals surface area contributed by atoms with Gasteiger partial charge >= 0.3 is 5.97 Å². The Morgan fingerprint density at radius 1 is 1.32 bits per heavy atom. The number of nitrogens with zero attached hydrogens (tertiary/aromatic N) is 1. The van der Waals surface area contributed by atoms with E-state index < -0.39 is 52.3 Å². The minimum absolute atomic E-state index is 0.144. The summed E-state index contributed by atoms with van der Waals surface area (Å²) < 4.78 is 38.8. The number of amides is 1. The van der Waals surface area contributed by atoms with Crippen LogP contribution in [0.1, 0.15) is 13.8 Å². The number of likely N-dealkylation sites (tertiary alicyclic amines) is 1. The molecule has 22 heavy (non-hydrogen) atoms. The number of carbonyl (C=O) groups excluding carboxylic acids is 2. The molecule has 2 bridgehead atoms. The van der Waals surface area contributed by atoms with E-state index in [1.807, 2.05) is 13.8 Å². The highest BCUT2D eigenvalue weighted by molar-refractivity contribution is 7.86. The molecule has 3 rings (SSSR count). The van der Waals surface area contributed by atoms with Gasteiger partial charge in [-0.15, -0.1) is 0 Å². The van der Waals surface area contributed by atoms with E-state index in [0.717, 1.165) is 6.26 Å². The third-order valence-electron chi connectivity index (χ3n) is 4.58. The number of methoxy groups -OCH3 is 1. The standard InChI is InChI=1S/C13H19NO7S/c1-5(2)14-8-9-6(12(14)15)7(13(16)19-3)10(20-9)11(8)21-22(4,17)18/h5-11H,1-4H3. The maximum Gasteiger partial charge on any atom is 0.312 e. The lowest BCUT2D eigenvalue weighted by atomic mass is 9.78. The predicted molar refractivity (Wildman–Crippen MR) is 73.1 cm³/mol. The highest BCUT2D eigenvalue weighted by Crippen LogP contribution is 2.53. The summed E-state index contributed by atoms with van der Waals surface area (Å²) in [7, 11) is -2.51. The highest BCUT2D eigenvalue weighted by Gasteiger charge is 2.72. The van der Waals surface area contributed by atoms with E-state index >= 15 is 0 Å². The largest absolute Gasteiger partial charge is 0.469 e. The molecule has 6 unspecified atom stereocenters. The van der Waals surface area contributed by atoms with E-state index in [1.54, 1.807) is 4.90 Å². The Morgan fingerprint density at radius 2 is 1.95 bits per heavy atom. The van der Waals surface area contributed by atoms with Gasteiger partial charge in [-0.25, -0.2) is 0 Å². The maximum absolute atomic E-state index is 12.6. The Bertz CT molecular complexity index is 616. The monoisotopic (exact) mass is 333 g/mol. The summed E-state index contributed by atoms with van der Waals surface area (Å²) in [5, 5.41) is 0. The molecule has 3 aliphatic heterocycles. The van der Waals surface area contributed by atoms with Gasteiger partial charge < -0.3 is 14.4 Å². The molecule has 8 nitrogen and oxygen atoms in total. The quantitative estimate of drug-likeness (QED) is 0.487. The Hall–Kier alpha value is -1.19. The lowest BCUT2D eigenvalue weighted by Gasteiger charge is -2.32. The Labute approximate surface area is 128 Å². The van der Waals surface area contributed by atoms with Gasteiger partial charge in [0.25, 0.3) is 10.1 Å². The third kappa shape index (κ3) is 2.06. The van der Waals surface area contributed by atoms with Crippen LogP contribution >= 0.6 is 0 Å². The smallest absolute Gasteiger partial charge is 0.312 e. The zero-order valence-corrected chi connectivity index (χ0v) is 13.6. The molecule has 0 aromatic heterocycles. The van der Waals surface area contributed by atoms with Crippen LogP contribution in [0.3, 0.4) is 0 Å². The van der Waals surface area contributed by atoms with Crippen LogP contribution in [0.4, 0.5) is 0 Å². The summed E-state index contributed by atoms with van der Waals surface area (Å²) in [4.78, 5) is 26.3. The van der Waals surface area contributed by atoms with Crippen LogP contribution in [0, 0.1) is 11.8 Å². The van der Waals surface area contributed by atoms with Crippen molar-refractivity contribution >= 4 is 22.0 Å². The molecule has 1 amide bonds. The number of esters is 1. The zero-order chi connectivity index (χ0) is 16.4. The van der Waals surface area contributed by atoms with E-state index in [2.05, 4.69) is 0 Å². The fraction of sp³-hybridized carbons (Fsp3) is 0.846. The van der Waals surface area contributed by atoms with Crippen molar-refractivity contribution in [3.63, 3.8) is 0 Å². The summed E-state index contributed by atoms with van der Waals surface area (Å²) in [6.07, 6.45) is -1.25. The molecule has 0 aromatic rings. The van der Waals surface area contributed by atoms with Gasteiger partial charge in [0, 0.05) is 6.04 Å². The summed E-state index contributed by atoms with van der Waals surface area (Å²) in [5.41, 5.74) is 0. The molecular formula is C13H19NO7S. The van der Waals surface area contributed by atoms with Crippen LogP contribution in [0.25, 0.3) is 0 Å². The van der Waals surface area contributed by atoms with Crippen molar-refractivity contribution in [1.82, 2.24) is 4.90 Å². The van der Waals surface area contributed by atoms with Crippen molar-refractivity contribution in [3.8, 4) is 0 Å². The average Bonchev–Trinajstić information content (AvgIpc) is 2.98. The Kier molecular flexibility index (Phi) is 3.50. The minimum atomic E-state index is -3.75. The van der Waals surface area contributed by atoms with Crippen LogP contribution in [0.15, 0.2) is 0 Å². The van der Waals surface area contributed by atoms with Gasteiger partial charge in [-0.1, -0.05) is 0 Å². The van der Waals surface area contributed by atoms with Gasteiger partial charge in [0.05, 0.1) is 37.3 Å². The molecule has 0 aromatic carbocycles. The third-order valence-corrected chi connectivity index (χ3v) is 5.15. The van der Waals surface area contributed by atoms with Crippen molar-refractivity contribution in [2.75, 3.05) is 13.4 Å². The zero-order valence-electron chi connectivity index (χ0n) is 12.8. The molecule has 0 aliphatic carbocycles. The van der Waals surface area contributed by atoms with Crippen LogP contribution in [-0.4, -0.2) is 69.0 Å². The highest BCUT2D eigenvalue weighted by atomic mass is 32.2. The molecule has 0 saturated carbocycles. The predicted octanol–water partition coefficient (Wildman–Crippen LogP) is -0.863. The summed E-state index contributed by atoms with van der Waals surface area (Å²) in [6.45, 7) is 3.67. The minimum Gasteiger partial charge on any atom is -0.469 e. The van der Waals surface area contributed by atoms with Crippen LogP contribution in [0.2, 0.25) is 0 Å². The Morgan fingerprint density at radius 3 is 2.45 bits per heavy atom. The molecule has 3 heterocycles. The molecule has 0 N–H and O–H groups in total. The van der Waals surface area contributed by atoms with E-state index in [0.29, 0.717) is 0 Å². The molecule has 3 fully saturated rings. The van der Waals surface area contributed by atoms with E-state index in [-0.39, 0.29) is 11.9 Å². The first-order chi connectivity index (χ1) is 10.2. The number of fused-ring (bicyclic) bond motifs is 1. The first-order valence-corrected chi connectivity index (χ1v) is 8.92. The second-order valence-electron chi connectivity index (χ2n) is 6.23. The first kappa shape index (κ1) is 15.7. The molecule has 124 valence electrons. The van der Waals surface area contributed by atoms with E-state index in [1.165, 1.54) is 7.11 Å². The van der Waals surface area contributed by atoms with Gasteiger partial charge in [0.1, 0.15) is 12.2 Å². The number of carbonyl (C=O) groups is 2. The molecule has 6 atom stereocenters. The number of ether oxygens (including phenoxy) is 2. The van der Waals surface area contributed by atoms with Crippen LogP contribution in [-0.2, 0) is 33.4 Å². The van der Waals surface area contributed by atoms with Crippen LogP contribution in [0.5, 0.6) is 0 Å². The average molecular weight is 333 g/mol. The molecule has 0 radical (unpaired) electrons. The second-order valence-corrected chi connectivity index (χ2v) is 7.84. The van der Waals surface area contributed by atoms with E-state index in [4.69, 9.17) is 13.7 Å². The molecule has 9 heteroatoms. The van der Waals surface area contributed by atoms with Crippen molar-refractivity contribution in [1.29, 1.82) is 0 Å². The molecule has 3 aliphatic rings. The van der Waals surface area contributed by atoms with Crippen molar-refractivity contribution in [2.24, 2.45) is 11.8 Å². The van der Waals surface area contributed by atoms with Crippen LogP contribution < -0.4 is 0 Å². The lowest BCUT2D eigenvalue weighted by molar-refractivity contribution is -0.151. The summed E-state index contributed by atoms with van der Waals surface area (Å²) in [6, 6.07) is -0.632. The fourth-order valence-electron chi connectivity index (χ4n) is 3.97.